The van der Waals surface area contributed by atoms with Gasteiger partial charge in [0.05, 0.1) is 16.6 Å². The van der Waals surface area contributed by atoms with E-state index in [4.69, 9.17) is 9.97 Å². The second-order valence-electron chi connectivity index (χ2n) is 9.65. The molecule has 0 atom stereocenters. The van der Waals surface area contributed by atoms with Crippen LogP contribution < -0.4 is 0 Å². The molecule has 0 fully saturated rings. The summed E-state index contributed by atoms with van der Waals surface area (Å²) in [7, 11) is 0. The van der Waals surface area contributed by atoms with E-state index in [-0.39, 0.29) is 0 Å². The highest BCUT2D eigenvalue weighted by Crippen LogP contribution is 2.50. The fourth-order valence-electron chi connectivity index (χ4n) is 6.51. The third-order valence-corrected chi connectivity index (χ3v) is 7.91. The highest BCUT2D eigenvalue weighted by molar-refractivity contribution is 6.11. The number of hydrogen-bond donors (Lipinski definition) is 0. The van der Waals surface area contributed by atoms with Crippen LogP contribution in [0.15, 0.2) is 85.2 Å². The van der Waals surface area contributed by atoms with E-state index in [9.17, 15) is 0 Å². The molecule has 0 unspecified atom stereocenters. The lowest BCUT2D eigenvalue weighted by molar-refractivity contribution is 1.22. The van der Waals surface area contributed by atoms with Crippen LogP contribution in [0.3, 0.4) is 0 Å². The number of aromatic nitrogens is 4. The van der Waals surface area contributed by atoms with Gasteiger partial charge < -0.3 is 0 Å². The van der Waals surface area contributed by atoms with E-state index < -0.39 is 0 Å². The fourth-order valence-corrected chi connectivity index (χ4v) is 6.51. The van der Waals surface area contributed by atoms with Crippen molar-refractivity contribution in [1.29, 1.82) is 0 Å². The molecule has 0 N–H and O–H groups in total. The van der Waals surface area contributed by atoms with Gasteiger partial charge in [-0.3, -0.25) is 14.4 Å². The number of fused-ring (bicyclic) bond motifs is 16. The number of rotatable bonds is 0. The molecule has 3 aromatic carbocycles. The summed E-state index contributed by atoms with van der Waals surface area (Å²) in [5.41, 5.74) is 17.2. The molecule has 0 saturated heterocycles. The van der Waals surface area contributed by atoms with Crippen LogP contribution in [0.5, 0.6) is 0 Å². The smallest absolute Gasteiger partial charge is 0.148 e. The van der Waals surface area contributed by atoms with E-state index in [1.807, 2.05) is 24.5 Å². The largest absolute Gasteiger partial charge is 0.290 e. The number of nitrogens with zero attached hydrogens (tertiary/aromatic N) is 4. The zero-order valence-corrected chi connectivity index (χ0v) is 18.8. The number of pyridine rings is 3. The maximum atomic E-state index is 5.14. The van der Waals surface area contributed by atoms with Crippen molar-refractivity contribution in [1.82, 2.24) is 19.4 Å². The molecule has 4 aromatic heterocycles. The molecule has 2 aliphatic rings. The molecule has 35 heavy (non-hydrogen) atoms. The third kappa shape index (κ3) is 2.11. The third-order valence-electron chi connectivity index (χ3n) is 7.91. The number of hydrogen-bond acceptors (Lipinski definition) is 3. The van der Waals surface area contributed by atoms with Crippen LogP contribution in [-0.4, -0.2) is 19.4 Å². The summed E-state index contributed by atoms with van der Waals surface area (Å²) < 4.78 is 2.32. The summed E-state index contributed by atoms with van der Waals surface area (Å²) in [6.07, 6.45) is 5.62. The molecular weight excluding hydrogens is 428 g/mol. The minimum absolute atomic E-state index is 0.903. The molecule has 0 bridgehead atoms. The Labute approximate surface area is 200 Å². The summed E-state index contributed by atoms with van der Waals surface area (Å²) >= 11 is 0. The summed E-state index contributed by atoms with van der Waals surface area (Å²) in [6.45, 7) is 0. The number of benzene rings is 3. The Morgan fingerprint density at radius 2 is 1.43 bits per heavy atom. The predicted octanol–water partition coefficient (Wildman–Crippen LogP) is 6.73. The molecule has 7 aromatic rings. The summed E-state index contributed by atoms with van der Waals surface area (Å²) in [5.74, 6) is 0. The van der Waals surface area contributed by atoms with E-state index in [0.29, 0.717) is 0 Å². The molecular formula is C31H18N4. The maximum Gasteiger partial charge on any atom is 0.148 e. The molecule has 4 heterocycles. The van der Waals surface area contributed by atoms with Crippen LogP contribution in [0.1, 0.15) is 22.3 Å². The minimum Gasteiger partial charge on any atom is -0.290 e. The lowest BCUT2D eigenvalue weighted by Gasteiger charge is -2.11. The Balaban J connectivity index is 1.45. The van der Waals surface area contributed by atoms with Gasteiger partial charge in [-0.2, -0.15) is 0 Å². The summed E-state index contributed by atoms with van der Waals surface area (Å²) in [5, 5.41) is 1.04. The van der Waals surface area contributed by atoms with Gasteiger partial charge in [0.2, 0.25) is 0 Å². The first-order chi connectivity index (χ1) is 17.4. The quantitative estimate of drug-likeness (QED) is 0.243. The van der Waals surface area contributed by atoms with Crippen molar-refractivity contribution in [3.05, 3.63) is 107 Å². The van der Waals surface area contributed by atoms with E-state index in [1.54, 1.807) is 0 Å². The van der Waals surface area contributed by atoms with Gasteiger partial charge in [0.15, 0.2) is 0 Å². The van der Waals surface area contributed by atoms with Crippen LogP contribution in [0.25, 0.3) is 60.9 Å². The van der Waals surface area contributed by atoms with Crippen LogP contribution in [0, 0.1) is 0 Å². The van der Waals surface area contributed by atoms with Gasteiger partial charge in [0.1, 0.15) is 16.7 Å². The molecule has 0 saturated carbocycles. The Bertz CT molecular complexity index is 2070. The van der Waals surface area contributed by atoms with Crippen molar-refractivity contribution >= 4 is 38.6 Å². The first-order valence-corrected chi connectivity index (χ1v) is 12.1. The van der Waals surface area contributed by atoms with E-state index >= 15 is 0 Å². The zero-order valence-electron chi connectivity index (χ0n) is 18.8. The average molecular weight is 447 g/mol. The molecule has 0 amide bonds. The summed E-state index contributed by atoms with van der Waals surface area (Å²) in [4.78, 5) is 14.6. The molecule has 4 nitrogen and oxygen atoms in total. The van der Waals surface area contributed by atoms with Crippen LogP contribution in [0.4, 0.5) is 0 Å². The topological polar surface area (TPSA) is 43.1 Å². The molecule has 0 spiro atoms. The minimum atomic E-state index is 0.903. The van der Waals surface area contributed by atoms with Crippen molar-refractivity contribution < 1.29 is 0 Å². The van der Waals surface area contributed by atoms with Gasteiger partial charge in [0, 0.05) is 24.2 Å². The van der Waals surface area contributed by atoms with Gasteiger partial charge in [-0.05, 0) is 81.3 Å². The lowest BCUT2D eigenvalue weighted by atomic mass is 9.94. The second-order valence-corrected chi connectivity index (χ2v) is 9.65. The van der Waals surface area contributed by atoms with E-state index in [1.165, 1.54) is 50.0 Å². The van der Waals surface area contributed by atoms with Crippen molar-refractivity contribution in [2.24, 2.45) is 0 Å². The maximum absolute atomic E-state index is 5.14. The van der Waals surface area contributed by atoms with Gasteiger partial charge in [-0.1, -0.05) is 42.5 Å². The Morgan fingerprint density at radius 3 is 2.37 bits per heavy atom. The van der Waals surface area contributed by atoms with E-state index in [0.717, 1.165) is 45.9 Å². The average Bonchev–Trinajstić information content (AvgIpc) is 3.59. The molecule has 0 radical (unpaired) electrons. The lowest BCUT2D eigenvalue weighted by Crippen LogP contribution is -1.96. The monoisotopic (exact) mass is 446 g/mol. The summed E-state index contributed by atoms with van der Waals surface area (Å²) in [6, 6.07) is 26.3. The van der Waals surface area contributed by atoms with E-state index in [2.05, 4.69) is 70.0 Å². The fraction of sp³-hybridized carbons (Fsp3) is 0.0645. The normalized spacial score (nSPS) is 13.5. The van der Waals surface area contributed by atoms with Crippen LogP contribution in [0.2, 0.25) is 0 Å². The Hall–Kier alpha value is -4.57. The Kier molecular flexibility index (Phi) is 3.11. The standard InChI is InChI=1S/C31H18N4/c1-2-6-20-17(5-1)15-18-9-10-19-16-23-21(27(19)26(18)20)11-12-24-30(23)35-25-8-4-14-33-29(25)28-22(31(35)34-24)7-3-13-32-28/h1-14H,15-16H2. The van der Waals surface area contributed by atoms with Gasteiger partial charge in [0.25, 0.3) is 0 Å². The Morgan fingerprint density at radius 1 is 0.629 bits per heavy atom. The predicted molar refractivity (Wildman–Crippen MR) is 140 cm³/mol. The molecule has 2 aliphatic carbocycles. The first kappa shape index (κ1) is 17.8. The zero-order chi connectivity index (χ0) is 22.7. The first-order valence-electron chi connectivity index (χ1n) is 12.1. The molecule has 4 heteroatoms. The molecule has 9 rings (SSSR count). The molecule has 162 valence electrons. The van der Waals surface area contributed by atoms with Crippen molar-refractivity contribution in [3.8, 4) is 22.3 Å². The van der Waals surface area contributed by atoms with Crippen molar-refractivity contribution in [2.45, 2.75) is 12.8 Å². The second kappa shape index (κ2) is 6.10. The molecule has 0 aliphatic heterocycles. The van der Waals surface area contributed by atoms with Gasteiger partial charge in [-0.25, -0.2) is 4.98 Å². The van der Waals surface area contributed by atoms with Gasteiger partial charge >= 0.3 is 0 Å². The SMILES string of the molecule is c1ccc2c(c1)Cc1ccc3c(c1-2)-c1ccc2nc4c5cccnc5c5ncccc5n4c2c1C3. The highest BCUT2D eigenvalue weighted by atomic mass is 15.0. The van der Waals surface area contributed by atoms with Crippen molar-refractivity contribution in [3.63, 3.8) is 0 Å². The van der Waals surface area contributed by atoms with Gasteiger partial charge in [-0.15, -0.1) is 0 Å². The van der Waals surface area contributed by atoms with Crippen molar-refractivity contribution in [2.75, 3.05) is 0 Å². The van der Waals surface area contributed by atoms with Crippen LogP contribution >= 0.6 is 0 Å². The highest BCUT2D eigenvalue weighted by Gasteiger charge is 2.31. The number of imidazole rings is 1. The van der Waals surface area contributed by atoms with Crippen LogP contribution in [-0.2, 0) is 12.8 Å².